The number of hydrogen-bond acceptors (Lipinski definition) is 5. The lowest BCUT2D eigenvalue weighted by Gasteiger charge is -2.14. The van der Waals surface area contributed by atoms with Gasteiger partial charge in [-0.15, -0.1) is 5.10 Å². The lowest BCUT2D eigenvalue weighted by molar-refractivity contribution is 0.218. The van der Waals surface area contributed by atoms with Crippen molar-refractivity contribution in [3.63, 3.8) is 0 Å². The minimum absolute atomic E-state index is 0.191. The molecular formula is C14H18N2O2S2. The molecule has 1 aromatic heterocycles. The molecule has 4 nitrogen and oxygen atoms in total. The highest BCUT2D eigenvalue weighted by Gasteiger charge is 2.05. The summed E-state index contributed by atoms with van der Waals surface area (Å²) in [5.74, 6) is 3.28. The summed E-state index contributed by atoms with van der Waals surface area (Å²) >= 11 is 6.58. The second-order valence-electron chi connectivity index (χ2n) is 4.59. The van der Waals surface area contributed by atoms with Gasteiger partial charge in [0.05, 0.1) is 11.9 Å². The summed E-state index contributed by atoms with van der Waals surface area (Å²) in [5.41, 5.74) is 1.24. The second-order valence-corrected chi connectivity index (χ2v) is 6.07. The molecule has 1 unspecified atom stereocenters. The van der Waals surface area contributed by atoms with E-state index in [1.165, 1.54) is 5.56 Å². The van der Waals surface area contributed by atoms with Crippen LogP contribution in [0.4, 0.5) is 0 Å². The van der Waals surface area contributed by atoms with Crippen molar-refractivity contribution >= 4 is 24.0 Å². The van der Waals surface area contributed by atoms with E-state index in [-0.39, 0.29) is 6.10 Å². The Hall–Kier alpha value is -1.27. The zero-order valence-corrected chi connectivity index (χ0v) is 13.2. The first-order valence-corrected chi connectivity index (χ1v) is 8.05. The number of ether oxygens (including phenoxy) is 1. The van der Waals surface area contributed by atoms with Crippen LogP contribution < -0.4 is 4.74 Å². The predicted octanol–water partition coefficient (Wildman–Crippen LogP) is 4.13. The zero-order chi connectivity index (χ0) is 14.4. The Balaban J connectivity index is 1.66. The molecule has 0 spiro atoms. The van der Waals surface area contributed by atoms with Crippen LogP contribution in [0.25, 0.3) is 0 Å². The van der Waals surface area contributed by atoms with E-state index in [9.17, 15) is 0 Å². The third-order valence-electron chi connectivity index (χ3n) is 2.73. The molecule has 0 aliphatic heterocycles. The minimum Gasteiger partial charge on any atom is -0.491 e. The first kappa shape index (κ1) is 15.1. The van der Waals surface area contributed by atoms with Gasteiger partial charge >= 0.3 is 0 Å². The third-order valence-corrected chi connectivity index (χ3v) is 3.88. The average Bonchev–Trinajstić information content (AvgIpc) is 2.83. The van der Waals surface area contributed by atoms with Crippen molar-refractivity contribution < 1.29 is 9.15 Å². The van der Waals surface area contributed by atoms with Gasteiger partial charge in [-0.05, 0) is 50.4 Å². The van der Waals surface area contributed by atoms with Crippen LogP contribution in [0.2, 0.25) is 0 Å². The van der Waals surface area contributed by atoms with Crippen molar-refractivity contribution in [2.24, 2.45) is 0 Å². The third kappa shape index (κ3) is 5.02. The van der Waals surface area contributed by atoms with Crippen LogP contribution in [-0.2, 0) is 5.75 Å². The van der Waals surface area contributed by atoms with Crippen LogP contribution >= 0.6 is 24.0 Å². The summed E-state index contributed by atoms with van der Waals surface area (Å²) in [4.78, 5) is 0.330. The maximum Gasteiger partial charge on any atom is 0.284 e. The molecule has 0 saturated carbocycles. The molecule has 0 saturated heterocycles. The fourth-order valence-electron chi connectivity index (χ4n) is 1.64. The molecule has 2 aromatic rings. The summed E-state index contributed by atoms with van der Waals surface area (Å²) in [6.07, 6.45) is 1.17. The Kier molecular flexibility index (Phi) is 5.67. The lowest BCUT2D eigenvalue weighted by atomic mass is 10.2. The van der Waals surface area contributed by atoms with Crippen molar-refractivity contribution in [1.82, 2.24) is 10.2 Å². The summed E-state index contributed by atoms with van der Waals surface area (Å²) in [5, 5.41) is 6.58. The van der Waals surface area contributed by atoms with E-state index in [4.69, 9.17) is 21.4 Å². The molecular weight excluding hydrogens is 292 g/mol. The largest absolute Gasteiger partial charge is 0.491 e. The number of nitrogens with one attached hydrogen (secondary N) is 1. The molecule has 0 amide bonds. The van der Waals surface area contributed by atoms with Gasteiger partial charge in [0.2, 0.25) is 5.89 Å². The van der Waals surface area contributed by atoms with Gasteiger partial charge in [0.25, 0.3) is 4.84 Å². The SMILES string of the molecule is Cc1ccc(OC(C)CCSCc2n[nH]c(=S)o2)cc1. The maximum atomic E-state index is 5.85. The van der Waals surface area contributed by atoms with Crippen molar-refractivity contribution in [1.29, 1.82) is 0 Å². The Morgan fingerprint density at radius 3 is 2.80 bits per heavy atom. The van der Waals surface area contributed by atoms with Gasteiger partial charge in [0.1, 0.15) is 5.75 Å². The van der Waals surface area contributed by atoms with E-state index in [1.807, 2.05) is 12.1 Å². The van der Waals surface area contributed by atoms with Crippen LogP contribution in [0.1, 0.15) is 24.8 Å². The number of thioether (sulfide) groups is 1. The molecule has 20 heavy (non-hydrogen) atoms. The van der Waals surface area contributed by atoms with E-state index in [1.54, 1.807) is 11.8 Å². The summed E-state index contributed by atoms with van der Waals surface area (Å²) in [6, 6.07) is 8.13. The number of H-pyrrole nitrogens is 1. The second kappa shape index (κ2) is 7.50. The molecule has 1 heterocycles. The van der Waals surface area contributed by atoms with E-state index < -0.39 is 0 Å². The van der Waals surface area contributed by atoms with Crippen molar-refractivity contribution in [2.45, 2.75) is 32.1 Å². The van der Waals surface area contributed by atoms with E-state index >= 15 is 0 Å². The van der Waals surface area contributed by atoms with Gasteiger partial charge in [0.15, 0.2) is 0 Å². The number of aromatic nitrogens is 2. The number of hydrogen-bond donors (Lipinski definition) is 1. The molecule has 1 N–H and O–H groups in total. The maximum absolute atomic E-state index is 5.85. The van der Waals surface area contributed by atoms with Crippen LogP contribution in [0.15, 0.2) is 28.7 Å². The van der Waals surface area contributed by atoms with Gasteiger partial charge in [-0.3, -0.25) is 0 Å². The Morgan fingerprint density at radius 2 is 2.15 bits per heavy atom. The zero-order valence-electron chi connectivity index (χ0n) is 11.6. The van der Waals surface area contributed by atoms with Crippen LogP contribution in [0, 0.1) is 11.8 Å². The molecule has 0 aliphatic rings. The molecule has 6 heteroatoms. The van der Waals surface area contributed by atoms with E-state index in [2.05, 4.69) is 36.2 Å². The van der Waals surface area contributed by atoms with Crippen LogP contribution in [0.3, 0.4) is 0 Å². The lowest BCUT2D eigenvalue weighted by Crippen LogP contribution is -2.12. The highest BCUT2D eigenvalue weighted by Crippen LogP contribution is 2.17. The molecule has 1 atom stereocenters. The number of benzene rings is 1. The van der Waals surface area contributed by atoms with Crippen LogP contribution in [-0.4, -0.2) is 22.1 Å². The normalized spacial score (nSPS) is 12.3. The monoisotopic (exact) mass is 310 g/mol. The summed E-state index contributed by atoms with van der Waals surface area (Å²) in [7, 11) is 0. The number of aryl methyl sites for hydroxylation is 1. The fourth-order valence-corrected chi connectivity index (χ4v) is 2.72. The highest BCUT2D eigenvalue weighted by atomic mass is 32.2. The topological polar surface area (TPSA) is 51.0 Å². The molecule has 0 aliphatic carbocycles. The van der Waals surface area contributed by atoms with Crippen molar-refractivity contribution in [3.8, 4) is 5.75 Å². The first-order chi connectivity index (χ1) is 9.63. The Labute approximate surface area is 127 Å². The van der Waals surface area contributed by atoms with Gasteiger partial charge in [-0.2, -0.15) is 11.8 Å². The van der Waals surface area contributed by atoms with Gasteiger partial charge < -0.3 is 9.15 Å². The molecule has 0 bridgehead atoms. The van der Waals surface area contributed by atoms with Gasteiger partial charge in [-0.25, -0.2) is 5.10 Å². The standard InChI is InChI=1S/C14H18N2O2S2/c1-10-3-5-12(6-4-10)17-11(2)7-8-20-9-13-15-16-14(19)18-13/h3-6,11H,7-9H2,1-2H3,(H,16,19). The number of nitrogens with zero attached hydrogens (tertiary/aromatic N) is 1. The Bertz CT molecular complexity index is 577. The van der Waals surface area contributed by atoms with Crippen LogP contribution in [0.5, 0.6) is 5.75 Å². The van der Waals surface area contributed by atoms with Gasteiger partial charge in [0, 0.05) is 0 Å². The minimum atomic E-state index is 0.191. The van der Waals surface area contributed by atoms with Crippen molar-refractivity contribution in [2.75, 3.05) is 5.75 Å². The highest BCUT2D eigenvalue weighted by molar-refractivity contribution is 7.98. The number of rotatable bonds is 7. The Morgan fingerprint density at radius 1 is 1.40 bits per heavy atom. The van der Waals surface area contributed by atoms with Gasteiger partial charge in [-0.1, -0.05) is 17.7 Å². The molecule has 1 aromatic carbocycles. The van der Waals surface area contributed by atoms with Crippen molar-refractivity contribution in [3.05, 3.63) is 40.6 Å². The molecule has 108 valence electrons. The predicted molar refractivity (Wildman–Crippen MR) is 83.7 cm³/mol. The summed E-state index contributed by atoms with van der Waals surface area (Å²) < 4.78 is 11.0. The summed E-state index contributed by atoms with van der Waals surface area (Å²) in [6.45, 7) is 4.15. The molecule has 0 fully saturated rings. The van der Waals surface area contributed by atoms with E-state index in [0.29, 0.717) is 10.7 Å². The molecule has 2 rings (SSSR count). The smallest absolute Gasteiger partial charge is 0.284 e. The first-order valence-electron chi connectivity index (χ1n) is 6.49. The average molecular weight is 310 g/mol. The fraction of sp³-hybridized carbons (Fsp3) is 0.429. The molecule has 0 radical (unpaired) electrons. The van der Waals surface area contributed by atoms with E-state index in [0.717, 1.165) is 23.7 Å². The number of aromatic amines is 1. The quantitative estimate of drug-likeness (QED) is 0.615.